The summed E-state index contributed by atoms with van der Waals surface area (Å²) in [7, 11) is 1.27. The quantitative estimate of drug-likeness (QED) is 0.0914. The van der Waals surface area contributed by atoms with Crippen molar-refractivity contribution in [2.75, 3.05) is 31.7 Å². The Labute approximate surface area is 291 Å². The molecule has 0 unspecified atom stereocenters. The Hall–Kier alpha value is -5.00. The van der Waals surface area contributed by atoms with Crippen molar-refractivity contribution >= 4 is 80.2 Å². The molecule has 7 rings (SSSR count). The number of thioether (sulfide) groups is 1. The molecule has 4 N–H and O–H groups in total. The van der Waals surface area contributed by atoms with Crippen LogP contribution in [-0.4, -0.2) is 81.1 Å². The van der Waals surface area contributed by atoms with E-state index in [4.69, 9.17) is 22.2 Å². The minimum absolute atomic E-state index is 0.139. The largest absolute Gasteiger partial charge is 0.543 e. The van der Waals surface area contributed by atoms with Crippen LogP contribution in [0.1, 0.15) is 16.8 Å². The number of aliphatic carboxylic acids is 1. The van der Waals surface area contributed by atoms with Gasteiger partial charge in [0.2, 0.25) is 5.52 Å². The van der Waals surface area contributed by atoms with E-state index >= 15 is 4.39 Å². The number of halogens is 2. The van der Waals surface area contributed by atoms with Crippen molar-refractivity contribution < 1.29 is 33.3 Å². The Balaban J connectivity index is 1.11. The normalized spacial score (nSPS) is 19.0. The third-order valence-electron chi connectivity index (χ3n) is 8.28. The predicted molar refractivity (Wildman–Crippen MR) is 179 cm³/mol. The number of aliphatic imine (C=N–C) groups is 1. The van der Waals surface area contributed by atoms with Gasteiger partial charge in [-0.05, 0) is 18.2 Å². The molecule has 252 valence electrons. The number of fused-ring (bicyclic) bond motifs is 2. The lowest BCUT2D eigenvalue weighted by atomic mass is 10.0. The molecular formula is C31H27ClFN9O5S2. The number of nitrogen functional groups attached to an aromatic ring is 1. The molecule has 3 aromatic heterocycles. The number of hydrogen-bond donors (Lipinski definition) is 3. The van der Waals surface area contributed by atoms with Gasteiger partial charge in [0, 0.05) is 57.7 Å². The molecule has 4 aromatic rings. The third kappa shape index (κ3) is 5.97. The topological polar surface area (TPSA) is 183 Å². The summed E-state index contributed by atoms with van der Waals surface area (Å²) in [5.41, 5.74) is 8.34. The number of hydrogen-bond acceptors (Lipinski definition) is 12. The van der Waals surface area contributed by atoms with Crippen LogP contribution in [-0.2, 0) is 32.3 Å². The van der Waals surface area contributed by atoms with Gasteiger partial charge in [0.15, 0.2) is 23.6 Å². The summed E-state index contributed by atoms with van der Waals surface area (Å²) in [6.07, 6.45) is 3.60. The van der Waals surface area contributed by atoms with Crippen LogP contribution >= 0.6 is 34.7 Å². The van der Waals surface area contributed by atoms with Crippen LogP contribution < -0.4 is 26.0 Å². The number of carbonyl (C=O) groups is 3. The van der Waals surface area contributed by atoms with E-state index in [0.29, 0.717) is 35.6 Å². The number of benzene rings is 1. The monoisotopic (exact) mass is 723 g/mol. The highest BCUT2D eigenvalue weighted by molar-refractivity contribution is 8.00. The van der Waals surface area contributed by atoms with E-state index in [-0.39, 0.29) is 46.1 Å². The zero-order chi connectivity index (χ0) is 34.4. The van der Waals surface area contributed by atoms with Crippen molar-refractivity contribution in [3.8, 4) is 0 Å². The molecular weight excluding hydrogens is 697 g/mol. The molecule has 18 heteroatoms. The number of amides is 2. The van der Waals surface area contributed by atoms with Crippen molar-refractivity contribution in [1.29, 1.82) is 0 Å². The van der Waals surface area contributed by atoms with Crippen molar-refractivity contribution in [2.24, 2.45) is 10.1 Å². The number of carboxylic acid groups (broad SMARTS) is 1. The first kappa shape index (κ1) is 32.5. The van der Waals surface area contributed by atoms with Crippen molar-refractivity contribution in [3.05, 3.63) is 87.0 Å². The van der Waals surface area contributed by atoms with Crippen LogP contribution in [0.15, 0.2) is 69.5 Å². The second-order valence-electron chi connectivity index (χ2n) is 11.2. The van der Waals surface area contributed by atoms with Crippen molar-refractivity contribution in [3.63, 3.8) is 0 Å². The molecule has 6 heterocycles. The lowest BCUT2D eigenvalue weighted by Gasteiger charge is -2.50. The molecule has 49 heavy (non-hydrogen) atoms. The van der Waals surface area contributed by atoms with E-state index < -0.39 is 35.0 Å². The second-order valence-corrected chi connectivity index (χ2v) is 13.6. The Morgan fingerprint density at radius 3 is 2.88 bits per heavy atom. The summed E-state index contributed by atoms with van der Waals surface area (Å²) < 4.78 is 19.0. The summed E-state index contributed by atoms with van der Waals surface area (Å²) in [6.45, 7) is 1.61. The number of β-lactam (4-membered cyclic amide) rings is 1. The minimum Gasteiger partial charge on any atom is -0.543 e. The maximum Gasteiger partial charge on any atom is 0.276 e. The first-order valence-corrected chi connectivity index (χ1v) is 17.2. The Bertz CT molecular complexity index is 2110. The Morgan fingerprint density at radius 1 is 1.35 bits per heavy atom. The Kier molecular flexibility index (Phi) is 8.72. The molecule has 3 aliphatic heterocycles. The van der Waals surface area contributed by atoms with Crippen LogP contribution in [0.2, 0.25) is 5.02 Å². The molecule has 1 saturated heterocycles. The number of rotatable bonds is 10. The second kappa shape index (κ2) is 13.1. The van der Waals surface area contributed by atoms with Gasteiger partial charge >= 0.3 is 0 Å². The van der Waals surface area contributed by atoms with E-state index in [1.807, 2.05) is 21.3 Å². The number of oxime groups is 1. The molecule has 1 aromatic carbocycles. The number of nitrogens with one attached hydrogen (secondary N) is 2. The molecule has 0 radical (unpaired) electrons. The number of amidine groups is 1. The standard InChI is InChI=1S/C31H27ClFN9O5S2/c1-47-39-23(20-14-49-31(34)37-20)27(43)38-24-28(44)42-25(30(45)46)16(13-48-29(24)42)11-40-7-2-3-21-22(40)4-8-41(21)12-17-18(32)9-15(10-19(17)33)26-35-5-6-36-26/h2-4,7-10,14,24,29H,5-6,11-13H2,1H3,(H4-,34,35,36,37,38,43,45,46)/t24-,29-/m1/s1. The third-order valence-corrected chi connectivity index (χ3v) is 10.6. The number of pyridine rings is 1. The highest BCUT2D eigenvalue weighted by Crippen LogP contribution is 2.40. The van der Waals surface area contributed by atoms with Crippen LogP contribution in [0.25, 0.3) is 11.0 Å². The van der Waals surface area contributed by atoms with Gasteiger partial charge in [0.1, 0.15) is 41.4 Å². The number of anilines is 1. The molecule has 0 spiro atoms. The predicted octanol–water partition coefficient (Wildman–Crippen LogP) is 0.613. The number of carbonyl (C=O) groups excluding carboxylic acids is 3. The highest BCUT2D eigenvalue weighted by Gasteiger charge is 2.53. The summed E-state index contributed by atoms with van der Waals surface area (Å²) in [4.78, 5) is 53.2. The molecule has 14 nitrogen and oxygen atoms in total. The Morgan fingerprint density at radius 2 is 2.18 bits per heavy atom. The van der Waals surface area contributed by atoms with Gasteiger partial charge in [-0.15, -0.1) is 23.1 Å². The number of thiazole rings is 1. The van der Waals surface area contributed by atoms with Crippen molar-refractivity contribution in [2.45, 2.75) is 24.5 Å². The van der Waals surface area contributed by atoms with Crippen molar-refractivity contribution in [1.82, 2.24) is 25.1 Å². The average molecular weight is 724 g/mol. The molecule has 0 bridgehead atoms. The zero-order valence-corrected chi connectivity index (χ0v) is 28.1. The first-order chi connectivity index (χ1) is 23.6. The molecule has 3 aliphatic rings. The number of nitrogens with zero attached hydrogens (tertiary/aromatic N) is 6. The summed E-state index contributed by atoms with van der Waals surface area (Å²) in [6, 6.07) is 7.62. The fraction of sp³-hybridized carbons (Fsp3) is 0.258. The van der Waals surface area contributed by atoms with Crippen LogP contribution in [0, 0.1) is 5.82 Å². The smallest absolute Gasteiger partial charge is 0.276 e. The van der Waals surface area contributed by atoms with Gasteiger partial charge < -0.3 is 35.7 Å². The molecule has 1 fully saturated rings. The van der Waals surface area contributed by atoms with E-state index in [0.717, 1.165) is 27.3 Å². The summed E-state index contributed by atoms with van der Waals surface area (Å²) in [5, 5.41) is 23.3. The van der Waals surface area contributed by atoms with Gasteiger partial charge in [0.25, 0.3) is 11.8 Å². The van der Waals surface area contributed by atoms with Crippen LogP contribution in [0.4, 0.5) is 9.52 Å². The number of carboxylic acids is 1. The SMILES string of the molecule is CON=C(C(=O)N[C@@H]1C(=O)N2C(C(=O)[O-])=C(C[n+]3cccc4c3ccn4Cc3c(F)cc(C4=NCCN4)cc3Cl)CS[C@H]12)c1csc(N)n1. The number of nitrogens with two attached hydrogens (primary N) is 1. The average Bonchev–Trinajstić information content (AvgIpc) is 3.86. The fourth-order valence-corrected chi connectivity index (χ4v) is 8.20. The maximum absolute atomic E-state index is 15.3. The highest BCUT2D eigenvalue weighted by atomic mass is 35.5. The minimum atomic E-state index is -1.50. The summed E-state index contributed by atoms with van der Waals surface area (Å²) in [5.74, 6) is -2.42. The fourth-order valence-electron chi connectivity index (χ4n) is 6.04. The molecule has 2 amide bonds. The molecule has 2 atom stereocenters. The van der Waals surface area contributed by atoms with Crippen LogP contribution in [0.3, 0.4) is 0 Å². The van der Waals surface area contributed by atoms with E-state index in [1.165, 1.54) is 30.3 Å². The van der Waals surface area contributed by atoms with Gasteiger partial charge in [0.05, 0.1) is 24.8 Å². The van der Waals surface area contributed by atoms with Crippen LogP contribution in [0.5, 0.6) is 0 Å². The van der Waals surface area contributed by atoms with E-state index in [2.05, 4.69) is 25.8 Å². The van der Waals surface area contributed by atoms with Gasteiger partial charge in [-0.25, -0.2) is 9.37 Å². The van der Waals surface area contributed by atoms with E-state index in [1.54, 1.807) is 24.5 Å². The van der Waals surface area contributed by atoms with Gasteiger partial charge in [-0.2, -0.15) is 4.57 Å². The number of aromatic nitrogens is 3. The van der Waals surface area contributed by atoms with E-state index in [9.17, 15) is 19.5 Å². The lowest BCUT2D eigenvalue weighted by molar-refractivity contribution is -0.663. The zero-order valence-electron chi connectivity index (χ0n) is 25.7. The van der Waals surface area contributed by atoms with Gasteiger partial charge in [-0.3, -0.25) is 19.5 Å². The lowest BCUT2D eigenvalue weighted by Crippen LogP contribution is -2.71. The molecule has 0 aliphatic carbocycles. The summed E-state index contributed by atoms with van der Waals surface area (Å²) >= 11 is 8.96. The van der Waals surface area contributed by atoms with Gasteiger partial charge in [-0.1, -0.05) is 16.8 Å². The molecule has 0 saturated carbocycles. The maximum atomic E-state index is 15.3. The first-order valence-electron chi connectivity index (χ1n) is 14.9.